The van der Waals surface area contributed by atoms with Crippen LogP contribution < -0.4 is 5.32 Å². The summed E-state index contributed by atoms with van der Waals surface area (Å²) in [6.07, 6.45) is 0.988. The van der Waals surface area contributed by atoms with Crippen LogP contribution in [0.2, 0.25) is 0 Å². The summed E-state index contributed by atoms with van der Waals surface area (Å²) >= 11 is 5.67. The van der Waals surface area contributed by atoms with Crippen molar-refractivity contribution in [3.63, 3.8) is 0 Å². The minimum absolute atomic E-state index is 0.517. The van der Waals surface area contributed by atoms with Crippen LogP contribution >= 0.6 is 11.6 Å². The highest BCUT2D eigenvalue weighted by atomic mass is 35.5. The number of tetrazole rings is 1. The molecule has 0 aromatic carbocycles. The number of rotatable bonds is 5. The number of nitrogens with zero attached hydrogens (tertiary/aromatic N) is 5. The topological polar surface area (TPSA) is 68.0 Å². The van der Waals surface area contributed by atoms with Gasteiger partial charge in [0.25, 0.3) is 0 Å². The molecule has 0 aliphatic rings. The third kappa shape index (κ3) is 2.57. The highest BCUT2D eigenvalue weighted by Gasteiger charge is 2.03. The van der Waals surface area contributed by atoms with Gasteiger partial charge in [0, 0.05) is 12.4 Å². The van der Waals surface area contributed by atoms with Gasteiger partial charge in [0.05, 0.1) is 0 Å². The zero-order valence-corrected chi connectivity index (χ0v) is 9.72. The number of aromatic nitrogens is 5. The van der Waals surface area contributed by atoms with Gasteiger partial charge in [-0.1, -0.05) is 6.92 Å². The van der Waals surface area contributed by atoms with Crippen molar-refractivity contribution in [3.05, 3.63) is 12.1 Å². The Labute approximate surface area is 98.0 Å². The normalized spacial score (nSPS) is 12.9. The summed E-state index contributed by atoms with van der Waals surface area (Å²) in [7, 11) is 0. The molecule has 0 spiro atoms. The molecule has 86 valence electrons. The fourth-order valence-electron chi connectivity index (χ4n) is 1.31. The average Bonchev–Trinajstić information content (AvgIpc) is 2.74. The number of nitrogens with one attached hydrogen (secondary N) is 1. The van der Waals surface area contributed by atoms with Crippen LogP contribution in [0.15, 0.2) is 12.1 Å². The predicted octanol–water partition coefficient (Wildman–Crippen LogP) is 1.20. The third-order valence-electron chi connectivity index (χ3n) is 2.30. The Balaban J connectivity index is 1.98. The van der Waals surface area contributed by atoms with E-state index < -0.39 is 0 Å². The Morgan fingerprint density at radius 2 is 2.38 bits per heavy atom. The zero-order chi connectivity index (χ0) is 11.4. The van der Waals surface area contributed by atoms with Gasteiger partial charge in [0.1, 0.15) is 5.82 Å². The van der Waals surface area contributed by atoms with E-state index in [9.17, 15) is 0 Å². The summed E-state index contributed by atoms with van der Waals surface area (Å²) < 4.78 is 1.40. The summed E-state index contributed by atoms with van der Waals surface area (Å²) in [5.74, 6) is 1.97. The van der Waals surface area contributed by atoms with Crippen molar-refractivity contribution in [2.24, 2.45) is 5.92 Å². The molecular weight excluding hydrogens is 228 g/mol. The summed E-state index contributed by atoms with van der Waals surface area (Å²) in [6.45, 7) is 2.98. The monoisotopic (exact) mass is 240 g/mol. The lowest BCUT2D eigenvalue weighted by Crippen LogP contribution is -2.13. The number of hydrogen-bond donors (Lipinski definition) is 1. The SMILES string of the molecule is CC(CCCl)CNc1ccc2nnnn2n1. The largest absolute Gasteiger partial charge is 0.368 e. The molecule has 0 saturated heterocycles. The van der Waals surface area contributed by atoms with E-state index >= 15 is 0 Å². The van der Waals surface area contributed by atoms with Crippen LogP contribution in [0.4, 0.5) is 5.82 Å². The molecule has 2 heterocycles. The number of halogens is 1. The van der Waals surface area contributed by atoms with Gasteiger partial charge in [-0.25, -0.2) is 0 Å². The van der Waals surface area contributed by atoms with Crippen molar-refractivity contribution < 1.29 is 0 Å². The van der Waals surface area contributed by atoms with Crippen molar-refractivity contribution >= 4 is 23.1 Å². The number of fused-ring (bicyclic) bond motifs is 1. The minimum atomic E-state index is 0.517. The van der Waals surface area contributed by atoms with Crippen molar-refractivity contribution in [1.29, 1.82) is 0 Å². The molecule has 0 fully saturated rings. The van der Waals surface area contributed by atoms with E-state index in [1.807, 2.05) is 12.1 Å². The van der Waals surface area contributed by atoms with Crippen LogP contribution in [0.1, 0.15) is 13.3 Å². The molecule has 0 saturated carbocycles. The van der Waals surface area contributed by atoms with E-state index in [4.69, 9.17) is 11.6 Å². The smallest absolute Gasteiger partial charge is 0.200 e. The van der Waals surface area contributed by atoms with E-state index in [2.05, 4.69) is 32.9 Å². The second kappa shape index (κ2) is 5.07. The first-order chi connectivity index (χ1) is 7.79. The Morgan fingerprint density at radius 3 is 3.19 bits per heavy atom. The van der Waals surface area contributed by atoms with Gasteiger partial charge in [-0.3, -0.25) is 0 Å². The Bertz CT molecular complexity index is 456. The predicted molar refractivity (Wildman–Crippen MR) is 61.6 cm³/mol. The van der Waals surface area contributed by atoms with E-state index in [1.165, 1.54) is 4.63 Å². The van der Waals surface area contributed by atoms with Gasteiger partial charge >= 0.3 is 0 Å². The molecule has 1 atom stereocenters. The second-order valence-electron chi connectivity index (χ2n) is 3.71. The molecule has 1 N–H and O–H groups in total. The lowest BCUT2D eigenvalue weighted by atomic mass is 10.1. The molecule has 6 nitrogen and oxygen atoms in total. The van der Waals surface area contributed by atoms with Gasteiger partial charge < -0.3 is 5.32 Å². The lowest BCUT2D eigenvalue weighted by molar-refractivity contribution is 0.594. The van der Waals surface area contributed by atoms with Gasteiger partial charge in [-0.2, -0.15) is 0 Å². The molecule has 1 unspecified atom stereocenters. The fourth-order valence-corrected chi connectivity index (χ4v) is 1.68. The first-order valence-electron chi connectivity index (χ1n) is 5.15. The quantitative estimate of drug-likeness (QED) is 0.796. The standard InChI is InChI=1S/C9H13ClN6/c1-7(4-5-10)6-11-8-2-3-9-12-14-15-16(9)13-8/h2-3,7H,4-6H2,1H3,(H,11,13). The zero-order valence-electron chi connectivity index (χ0n) is 8.97. The third-order valence-corrected chi connectivity index (χ3v) is 2.52. The highest BCUT2D eigenvalue weighted by Crippen LogP contribution is 2.07. The summed E-state index contributed by atoms with van der Waals surface area (Å²) in [5, 5.41) is 18.5. The molecule has 2 rings (SSSR count). The summed E-state index contributed by atoms with van der Waals surface area (Å²) in [4.78, 5) is 0. The van der Waals surface area contributed by atoms with Crippen molar-refractivity contribution in [2.75, 3.05) is 17.7 Å². The number of hydrogen-bond acceptors (Lipinski definition) is 5. The highest BCUT2D eigenvalue weighted by molar-refractivity contribution is 6.17. The first-order valence-corrected chi connectivity index (χ1v) is 5.68. The molecule has 0 radical (unpaired) electrons. The Kier molecular flexibility index (Phi) is 3.51. The van der Waals surface area contributed by atoms with Crippen LogP contribution in [-0.2, 0) is 0 Å². The number of alkyl halides is 1. The van der Waals surface area contributed by atoms with E-state index in [1.54, 1.807) is 0 Å². The molecule has 0 bridgehead atoms. The molecule has 0 amide bonds. The molecule has 0 aliphatic carbocycles. The average molecular weight is 241 g/mol. The lowest BCUT2D eigenvalue weighted by Gasteiger charge is -2.10. The fraction of sp³-hybridized carbons (Fsp3) is 0.556. The van der Waals surface area contributed by atoms with E-state index in [0.717, 1.165) is 18.8 Å². The van der Waals surface area contributed by atoms with Gasteiger partial charge in [0.15, 0.2) is 5.65 Å². The first kappa shape index (κ1) is 11.1. The van der Waals surface area contributed by atoms with Crippen molar-refractivity contribution in [3.8, 4) is 0 Å². The molecule has 0 aliphatic heterocycles. The van der Waals surface area contributed by atoms with Crippen LogP contribution in [-0.4, -0.2) is 37.7 Å². The van der Waals surface area contributed by atoms with Crippen LogP contribution in [0, 0.1) is 5.92 Å². The van der Waals surface area contributed by atoms with Gasteiger partial charge in [0.2, 0.25) is 0 Å². The molecular formula is C9H13ClN6. The van der Waals surface area contributed by atoms with Gasteiger partial charge in [-0.05, 0) is 34.9 Å². The van der Waals surface area contributed by atoms with Crippen molar-refractivity contribution in [2.45, 2.75) is 13.3 Å². The van der Waals surface area contributed by atoms with Gasteiger partial charge in [-0.15, -0.1) is 26.4 Å². The Morgan fingerprint density at radius 1 is 1.50 bits per heavy atom. The second-order valence-corrected chi connectivity index (χ2v) is 4.09. The molecule has 7 heteroatoms. The van der Waals surface area contributed by atoms with Crippen LogP contribution in [0.3, 0.4) is 0 Å². The maximum atomic E-state index is 5.67. The van der Waals surface area contributed by atoms with E-state index in [-0.39, 0.29) is 0 Å². The minimum Gasteiger partial charge on any atom is -0.368 e. The Hall–Kier alpha value is -1.43. The number of anilines is 1. The molecule has 2 aromatic heterocycles. The maximum absolute atomic E-state index is 5.67. The summed E-state index contributed by atoms with van der Waals surface area (Å²) in [5.41, 5.74) is 0.638. The summed E-state index contributed by atoms with van der Waals surface area (Å²) in [6, 6.07) is 3.68. The molecule has 16 heavy (non-hydrogen) atoms. The van der Waals surface area contributed by atoms with Crippen LogP contribution in [0.25, 0.3) is 5.65 Å². The van der Waals surface area contributed by atoms with Crippen LogP contribution in [0.5, 0.6) is 0 Å². The maximum Gasteiger partial charge on any atom is 0.200 e. The van der Waals surface area contributed by atoms with E-state index in [0.29, 0.717) is 17.4 Å². The molecule has 2 aromatic rings. The van der Waals surface area contributed by atoms with Crippen molar-refractivity contribution in [1.82, 2.24) is 25.3 Å².